The molecule has 0 aliphatic carbocycles. The molecule has 3 heteroatoms. The van der Waals surface area contributed by atoms with E-state index < -0.39 is 0 Å². The third-order valence-corrected chi connectivity index (χ3v) is 3.31. The summed E-state index contributed by atoms with van der Waals surface area (Å²) in [5, 5.41) is 0. The second-order valence-corrected chi connectivity index (χ2v) is 4.60. The van der Waals surface area contributed by atoms with Crippen LogP contribution in [0.2, 0.25) is 0 Å². The van der Waals surface area contributed by atoms with Crippen molar-refractivity contribution in [3.05, 3.63) is 40.6 Å². The van der Waals surface area contributed by atoms with E-state index in [1.807, 2.05) is 29.8 Å². The van der Waals surface area contributed by atoms with Crippen LogP contribution in [0.5, 0.6) is 0 Å². The highest BCUT2D eigenvalue weighted by Crippen LogP contribution is 2.08. The maximum atomic E-state index is 12.0. The van der Waals surface area contributed by atoms with Crippen LogP contribution in [0.3, 0.4) is 0 Å². The van der Waals surface area contributed by atoms with Crippen LogP contribution in [-0.4, -0.2) is 8.97 Å². The van der Waals surface area contributed by atoms with Crippen LogP contribution >= 0.6 is 0 Å². The van der Waals surface area contributed by atoms with Crippen LogP contribution in [0.1, 0.15) is 38.3 Å². The average Bonchev–Trinajstić information content (AvgIpc) is 2.79. The fourth-order valence-corrected chi connectivity index (χ4v) is 2.20. The van der Waals surface area contributed by atoms with Crippen LogP contribution in [0.4, 0.5) is 0 Å². The maximum Gasteiger partial charge on any atom is 0.274 e. The number of aryl methyl sites for hydroxylation is 1. The van der Waals surface area contributed by atoms with Gasteiger partial charge in [0.2, 0.25) is 0 Å². The fourth-order valence-electron chi connectivity index (χ4n) is 2.20. The van der Waals surface area contributed by atoms with E-state index in [0.717, 1.165) is 24.1 Å². The molecule has 3 nitrogen and oxygen atoms in total. The highest BCUT2D eigenvalue weighted by Gasteiger charge is 2.05. The van der Waals surface area contributed by atoms with Crippen molar-refractivity contribution < 1.29 is 0 Å². The Bertz CT molecular complexity index is 551. The lowest BCUT2D eigenvalue weighted by molar-refractivity contribution is 0.637. The number of unbranched alkanes of at least 4 members (excludes halogenated alkanes) is 3. The van der Waals surface area contributed by atoms with E-state index in [1.54, 1.807) is 4.57 Å². The minimum Gasteiger partial charge on any atom is -0.317 e. The molecule has 0 fully saturated rings. The van der Waals surface area contributed by atoms with Gasteiger partial charge in [0.25, 0.3) is 5.56 Å². The quantitative estimate of drug-likeness (QED) is 0.728. The summed E-state index contributed by atoms with van der Waals surface area (Å²) >= 11 is 0. The van der Waals surface area contributed by atoms with Gasteiger partial charge in [0.15, 0.2) is 0 Å². The molecule has 0 saturated carbocycles. The topological polar surface area (TPSA) is 26.4 Å². The molecule has 0 spiro atoms. The first-order valence-electron chi connectivity index (χ1n) is 6.39. The van der Waals surface area contributed by atoms with Gasteiger partial charge in [-0.05, 0) is 25.0 Å². The molecule has 0 radical (unpaired) electrons. The molecule has 0 saturated heterocycles. The van der Waals surface area contributed by atoms with E-state index in [2.05, 4.69) is 13.1 Å². The van der Waals surface area contributed by atoms with Gasteiger partial charge in [-0.1, -0.05) is 26.2 Å². The van der Waals surface area contributed by atoms with Gasteiger partial charge in [0.05, 0.1) is 0 Å². The molecule has 0 aliphatic heterocycles. The number of rotatable bonds is 5. The normalized spacial score (nSPS) is 11.2. The van der Waals surface area contributed by atoms with E-state index in [4.69, 9.17) is 0 Å². The largest absolute Gasteiger partial charge is 0.317 e. The Hall–Kier alpha value is -1.51. The lowest BCUT2D eigenvalue weighted by Crippen LogP contribution is -2.22. The molecule has 0 aliphatic rings. The monoisotopic (exact) mass is 232 g/mol. The highest BCUT2D eigenvalue weighted by atomic mass is 16.1. The summed E-state index contributed by atoms with van der Waals surface area (Å²) in [4.78, 5) is 12.0. The molecule has 92 valence electrons. The van der Waals surface area contributed by atoms with Gasteiger partial charge >= 0.3 is 0 Å². The SMILES string of the molecule is CCCCCCc1cn2cccc2c(=O)n1C. The van der Waals surface area contributed by atoms with Crippen molar-refractivity contribution in [3.63, 3.8) is 0 Å². The predicted molar refractivity (Wildman–Crippen MR) is 70.5 cm³/mol. The Morgan fingerprint density at radius 3 is 2.82 bits per heavy atom. The van der Waals surface area contributed by atoms with Gasteiger partial charge in [-0.15, -0.1) is 0 Å². The van der Waals surface area contributed by atoms with E-state index in [9.17, 15) is 4.79 Å². The van der Waals surface area contributed by atoms with Crippen molar-refractivity contribution in [2.24, 2.45) is 7.05 Å². The van der Waals surface area contributed by atoms with Gasteiger partial charge in [0, 0.05) is 25.1 Å². The van der Waals surface area contributed by atoms with Crippen molar-refractivity contribution in [2.45, 2.75) is 39.0 Å². The van der Waals surface area contributed by atoms with Gasteiger partial charge in [-0.3, -0.25) is 4.79 Å². The standard InChI is InChI=1S/C14H20N2O/c1-3-4-5-6-8-12-11-16-10-7-9-13(16)14(17)15(12)2/h7,9-11H,3-6,8H2,1-2H3. The average molecular weight is 232 g/mol. The van der Waals surface area contributed by atoms with Gasteiger partial charge in [-0.2, -0.15) is 0 Å². The molecule has 0 unspecified atom stereocenters. The molecule has 0 amide bonds. The first-order chi connectivity index (χ1) is 8.24. The fraction of sp³-hybridized carbons (Fsp3) is 0.500. The van der Waals surface area contributed by atoms with Gasteiger partial charge in [-0.25, -0.2) is 0 Å². The zero-order valence-corrected chi connectivity index (χ0v) is 10.6. The third-order valence-electron chi connectivity index (χ3n) is 3.31. The molecule has 2 rings (SSSR count). The van der Waals surface area contributed by atoms with Crippen LogP contribution in [0.15, 0.2) is 29.3 Å². The third kappa shape index (κ3) is 2.43. The Labute approximate surface area is 102 Å². The summed E-state index contributed by atoms with van der Waals surface area (Å²) < 4.78 is 3.71. The van der Waals surface area contributed by atoms with Crippen molar-refractivity contribution in [1.82, 2.24) is 8.97 Å². The summed E-state index contributed by atoms with van der Waals surface area (Å²) in [6, 6.07) is 3.78. The second kappa shape index (κ2) is 5.21. The summed E-state index contributed by atoms with van der Waals surface area (Å²) in [6.45, 7) is 2.21. The van der Waals surface area contributed by atoms with E-state index in [0.29, 0.717) is 0 Å². The van der Waals surface area contributed by atoms with Crippen LogP contribution in [-0.2, 0) is 13.5 Å². The van der Waals surface area contributed by atoms with Crippen LogP contribution < -0.4 is 5.56 Å². The first-order valence-corrected chi connectivity index (χ1v) is 6.39. The molecular formula is C14H20N2O. The maximum absolute atomic E-state index is 12.0. The molecule has 2 aromatic heterocycles. The van der Waals surface area contributed by atoms with Gasteiger partial charge in [0.1, 0.15) is 5.52 Å². The van der Waals surface area contributed by atoms with Crippen molar-refractivity contribution in [3.8, 4) is 0 Å². The minimum atomic E-state index is 0.1000. The Morgan fingerprint density at radius 1 is 1.24 bits per heavy atom. The summed E-state index contributed by atoms with van der Waals surface area (Å²) in [5.41, 5.74) is 1.97. The van der Waals surface area contributed by atoms with Crippen LogP contribution in [0, 0.1) is 0 Å². The zero-order valence-electron chi connectivity index (χ0n) is 10.6. The molecular weight excluding hydrogens is 212 g/mol. The van der Waals surface area contributed by atoms with E-state index in [1.165, 1.54) is 19.3 Å². The molecule has 2 aromatic rings. The molecule has 2 heterocycles. The summed E-state index contributed by atoms with van der Waals surface area (Å²) in [6.07, 6.45) is 9.92. The number of nitrogens with zero attached hydrogens (tertiary/aromatic N) is 2. The lowest BCUT2D eigenvalue weighted by atomic mass is 10.1. The van der Waals surface area contributed by atoms with Gasteiger partial charge < -0.3 is 8.97 Å². The Balaban J connectivity index is 2.22. The minimum absolute atomic E-state index is 0.1000. The first kappa shape index (κ1) is 12.0. The van der Waals surface area contributed by atoms with Crippen molar-refractivity contribution in [2.75, 3.05) is 0 Å². The Kier molecular flexibility index (Phi) is 3.67. The Morgan fingerprint density at radius 2 is 2.06 bits per heavy atom. The number of fused-ring (bicyclic) bond motifs is 1. The molecule has 17 heavy (non-hydrogen) atoms. The molecule has 0 atom stereocenters. The smallest absolute Gasteiger partial charge is 0.274 e. The molecule has 0 aromatic carbocycles. The summed E-state index contributed by atoms with van der Waals surface area (Å²) in [5.74, 6) is 0. The summed E-state index contributed by atoms with van der Waals surface area (Å²) in [7, 11) is 1.87. The number of aromatic nitrogens is 2. The van der Waals surface area contributed by atoms with Crippen molar-refractivity contribution in [1.29, 1.82) is 0 Å². The lowest BCUT2D eigenvalue weighted by Gasteiger charge is -2.09. The highest BCUT2D eigenvalue weighted by molar-refractivity contribution is 5.45. The van der Waals surface area contributed by atoms with E-state index in [-0.39, 0.29) is 5.56 Å². The van der Waals surface area contributed by atoms with Crippen LogP contribution in [0.25, 0.3) is 5.52 Å². The second-order valence-electron chi connectivity index (χ2n) is 4.60. The molecule has 0 bridgehead atoms. The predicted octanol–water partition coefficient (Wildman–Crippen LogP) is 2.76. The van der Waals surface area contributed by atoms with E-state index >= 15 is 0 Å². The van der Waals surface area contributed by atoms with Crippen molar-refractivity contribution >= 4 is 5.52 Å². The number of hydrogen-bond donors (Lipinski definition) is 0. The number of hydrogen-bond acceptors (Lipinski definition) is 1. The zero-order chi connectivity index (χ0) is 12.3. The molecule has 0 N–H and O–H groups in total.